The number of methoxy groups -OCH3 is 1. The van der Waals surface area contributed by atoms with Crippen molar-refractivity contribution in [2.75, 3.05) is 33.8 Å². The number of ether oxygens (including phenoxy) is 1. The Kier molecular flexibility index (Phi) is 6.80. The second-order valence-electron chi connectivity index (χ2n) is 6.05. The lowest BCUT2D eigenvalue weighted by atomic mass is 9.94. The molecule has 4 heteroatoms. The fraction of sp³-hybridized carbons (Fsp3) is 0.933. The SMILES string of the molecule is CNC(C)(CCCCN1CCC(C)CC1)C(=O)OC. The summed E-state index contributed by atoms with van der Waals surface area (Å²) in [7, 11) is 3.27. The molecule has 1 aliphatic heterocycles. The van der Waals surface area contributed by atoms with Crippen LogP contribution in [0.2, 0.25) is 0 Å². The van der Waals surface area contributed by atoms with Gasteiger partial charge in [0.2, 0.25) is 0 Å². The van der Waals surface area contributed by atoms with E-state index in [-0.39, 0.29) is 5.97 Å². The number of nitrogens with zero attached hydrogens (tertiary/aromatic N) is 1. The van der Waals surface area contributed by atoms with Gasteiger partial charge in [0.15, 0.2) is 0 Å². The highest BCUT2D eigenvalue weighted by atomic mass is 16.5. The molecular weight excluding hydrogens is 240 g/mol. The maximum absolute atomic E-state index is 11.7. The Morgan fingerprint density at radius 3 is 2.53 bits per heavy atom. The van der Waals surface area contributed by atoms with Gasteiger partial charge in [-0.2, -0.15) is 0 Å². The van der Waals surface area contributed by atoms with E-state index < -0.39 is 5.54 Å². The number of esters is 1. The van der Waals surface area contributed by atoms with Crippen LogP contribution in [0.1, 0.15) is 46.0 Å². The number of rotatable bonds is 7. The van der Waals surface area contributed by atoms with E-state index in [0.717, 1.165) is 31.7 Å². The zero-order chi connectivity index (χ0) is 14.3. The number of carbonyl (C=O) groups excluding carboxylic acids is 1. The Morgan fingerprint density at radius 2 is 2.00 bits per heavy atom. The molecule has 0 aliphatic carbocycles. The third-order valence-corrected chi connectivity index (χ3v) is 4.47. The van der Waals surface area contributed by atoms with Gasteiger partial charge in [0, 0.05) is 0 Å². The first-order valence-corrected chi connectivity index (χ1v) is 7.51. The van der Waals surface area contributed by atoms with Gasteiger partial charge in [0.25, 0.3) is 0 Å². The third kappa shape index (κ3) is 5.11. The van der Waals surface area contributed by atoms with Gasteiger partial charge in [0.05, 0.1) is 7.11 Å². The molecule has 1 unspecified atom stereocenters. The van der Waals surface area contributed by atoms with Crippen LogP contribution in [0.5, 0.6) is 0 Å². The second-order valence-corrected chi connectivity index (χ2v) is 6.05. The lowest BCUT2D eigenvalue weighted by Gasteiger charge is -2.31. The molecule has 0 spiro atoms. The Bertz CT molecular complexity index is 275. The molecule has 1 heterocycles. The Hall–Kier alpha value is -0.610. The molecule has 0 saturated carbocycles. The summed E-state index contributed by atoms with van der Waals surface area (Å²) < 4.78 is 4.85. The monoisotopic (exact) mass is 270 g/mol. The van der Waals surface area contributed by atoms with E-state index in [1.807, 2.05) is 14.0 Å². The van der Waals surface area contributed by atoms with Crippen LogP contribution < -0.4 is 5.32 Å². The van der Waals surface area contributed by atoms with Gasteiger partial charge in [-0.15, -0.1) is 0 Å². The van der Waals surface area contributed by atoms with Crippen LogP contribution in [0, 0.1) is 5.92 Å². The van der Waals surface area contributed by atoms with Crippen molar-refractivity contribution in [3.63, 3.8) is 0 Å². The number of likely N-dealkylation sites (tertiary alicyclic amines) is 1. The topological polar surface area (TPSA) is 41.6 Å². The summed E-state index contributed by atoms with van der Waals surface area (Å²) in [6.45, 7) is 7.89. The second kappa shape index (κ2) is 7.85. The predicted molar refractivity (Wildman–Crippen MR) is 78.2 cm³/mol. The van der Waals surface area contributed by atoms with E-state index in [2.05, 4.69) is 17.1 Å². The maximum Gasteiger partial charge on any atom is 0.325 e. The molecule has 1 atom stereocenters. The molecule has 0 radical (unpaired) electrons. The van der Waals surface area contributed by atoms with Crippen LogP contribution in [-0.4, -0.2) is 50.2 Å². The largest absolute Gasteiger partial charge is 0.468 e. The zero-order valence-corrected chi connectivity index (χ0v) is 13.0. The Labute approximate surface area is 117 Å². The van der Waals surface area contributed by atoms with E-state index in [1.165, 1.54) is 33.0 Å². The van der Waals surface area contributed by atoms with Crippen molar-refractivity contribution >= 4 is 5.97 Å². The number of piperidine rings is 1. The molecule has 112 valence electrons. The summed E-state index contributed by atoms with van der Waals surface area (Å²) >= 11 is 0. The summed E-state index contributed by atoms with van der Waals surface area (Å²) in [6.07, 6.45) is 5.70. The van der Waals surface area contributed by atoms with Gasteiger partial charge in [-0.25, -0.2) is 0 Å². The first-order chi connectivity index (χ1) is 9.01. The van der Waals surface area contributed by atoms with E-state index in [9.17, 15) is 4.79 Å². The van der Waals surface area contributed by atoms with E-state index in [4.69, 9.17) is 4.74 Å². The summed E-state index contributed by atoms with van der Waals surface area (Å²) in [5.74, 6) is 0.727. The highest BCUT2D eigenvalue weighted by Crippen LogP contribution is 2.18. The summed E-state index contributed by atoms with van der Waals surface area (Å²) in [6, 6.07) is 0. The van der Waals surface area contributed by atoms with Crippen molar-refractivity contribution in [2.45, 2.75) is 51.5 Å². The average molecular weight is 270 g/mol. The van der Waals surface area contributed by atoms with Crippen molar-refractivity contribution in [1.82, 2.24) is 10.2 Å². The predicted octanol–water partition coefficient (Wildman–Crippen LogP) is 2.04. The number of hydrogen-bond donors (Lipinski definition) is 1. The van der Waals surface area contributed by atoms with Crippen molar-refractivity contribution in [2.24, 2.45) is 5.92 Å². The molecule has 1 rings (SSSR count). The van der Waals surface area contributed by atoms with E-state index in [0.29, 0.717) is 0 Å². The van der Waals surface area contributed by atoms with Crippen LogP contribution in [0.15, 0.2) is 0 Å². The molecule has 0 aromatic carbocycles. The first kappa shape index (κ1) is 16.4. The fourth-order valence-electron chi connectivity index (χ4n) is 2.65. The number of unbranched alkanes of at least 4 members (excludes halogenated alkanes) is 1. The molecule has 0 bridgehead atoms. The summed E-state index contributed by atoms with van der Waals surface area (Å²) in [4.78, 5) is 14.3. The molecule has 1 saturated heterocycles. The van der Waals surface area contributed by atoms with Gasteiger partial charge in [-0.1, -0.05) is 6.92 Å². The van der Waals surface area contributed by atoms with Crippen LogP contribution in [-0.2, 0) is 9.53 Å². The highest BCUT2D eigenvalue weighted by Gasteiger charge is 2.31. The molecule has 4 nitrogen and oxygen atoms in total. The number of likely N-dealkylation sites (N-methyl/N-ethyl adjacent to an activating group) is 1. The third-order valence-electron chi connectivity index (χ3n) is 4.47. The van der Waals surface area contributed by atoms with Crippen LogP contribution in [0.4, 0.5) is 0 Å². The van der Waals surface area contributed by atoms with Crippen molar-refractivity contribution in [3.05, 3.63) is 0 Å². The maximum atomic E-state index is 11.7. The Morgan fingerprint density at radius 1 is 1.37 bits per heavy atom. The highest BCUT2D eigenvalue weighted by molar-refractivity contribution is 5.80. The molecular formula is C15H30N2O2. The number of nitrogens with one attached hydrogen (secondary N) is 1. The molecule has 1 N–H and O–H groups in total. The van der Waals surface area contributed by atoms with Crippen molar-refractivity contribution in [1.29, 1.82) is 0 Å². The summed E-state index contributed by atoms with van der Waals surface area (Å²) in [5, 5.41) is 3.09. The number of carbonyl (C=O) groups is 1. The first-order valence-electron chi connectivity index (χ1n) is 7.51. The lowest BCUT2D eigenvalue weighted by molar-refractivity contribution is -0.148. The van der Waals surface area contributed by atoms with Crippen molar-refractivity contribution < 1.29 is 9.53 Å². The fourth-order valence-corrected chi connectivity index (χ4v) is 2.65. The van der Waals surface area contributed by atoms with Gasteiger partial charge in [-0.3, -0.25) is 4.79 Å². The normalized spacial score (nSPS) is 21.1. The molecule has 1 fully saturated rings. The van der Waals surface area contributed by atoms with Crippen LogP contribution in [0.3, 0.4) is 0 Å². The van der Waals surface area contributed by atoms with Gasteiger partial charge in [-0.05, 0) is 71.6 Å². The number of hydrogen-bond acceptors (Lipinski definition) is 4. The smallest absolute Gasteiger partial charge is 0.325 e. The minimum Gasteiger partial charge on any atom is -0.468 e. The van der Waals surface area contributed by atoms with E-state index >= 15 is 0 Å². The molecule has 0 aromatic rings. The van der Waals surface area contributed by atoms with Gasteiger partial charge >= 0.3 is 5.97 Å². The quantitative estimate of drug-likeness (QED) is 0.568. The standard InChI is InChI=1S/C15H30N2O2/c1-13-7-11-17(12-8-13)10-6-5-9-15(2,16-3)14(18)19-4/h13,16H,5-12H2,1-4H3. The Balaban J connectivity index is 2.20. The zero-order valence-electron chi connectivity index (χ0n) is 13.0. The minimum atomic E-state index is -0.537. The minimum absolute atomic E-state index is 0.165. The van der Waals surface area contributed by atoms with E-state index in [1.54, 1.807) is 0 Å². The summed E-state index contributed by atoms with van der Waals surface area (Å²) in [5.41, 5.74) is -0.537. The lowest BCUT2D eigenvalue weighted by Crippen LogP contribution is -2.48. The van der Waals surface area contributed by atoms with Gasteiger partial charge in [0.1, 0.15) is 5.54 Å². The van der Waals surface area contributed by atoms with Crippen molar-refractivity contribution in [3.8, 4) is 0 Å². The van der Waals surface area contributed by atoms with Crippen LogP contribution >= 0.6 is 0 Å². The molecule has 1 aliphatic rings. The van der Waals surface area contributed by atoms with Crippen LogP contribution in [0.25, 0.3) is 0 Å². The molecule has 0 aromatic heterocycles. The average Bonchev–Trinajstić information content (AvgIpc) is 2.44. The molecule has 19 heavy (non-hydrogen) atoms. The molecule has 0 amide bonds. The van der Waals surface area contributed by atoms with Gasteiger partial charge < -0.3 is 15.0 Å².